The minimum atomic E-state index is -0.823. The molecule has 13 N–H and O–H groups in total. The van der Waals surface area contributed by atoms with E-state index in [0.717, 1.165) is 0 Å². The van der Waals surface area contributed by atoms with Crippen molar-refractivity contribution in [1.29, 1.82) is 10.8 Å². The minimum absolute atomic E-state index is 0.0110. The van der Waals surface area contributed by atoms with Crippen LogP contribution in [0.4, 0.5) is 0 Å². The molecule has 3 amide bonds. The highest BCUT2D eigenvalue weighted by molar-refractivity contribution is 5.88. The van der Waals surface area contributed by atoms with Crippen molar-refractivity contribution in [3.8, 4) is 0 Å². The van der Waals surface area contributed by atoms with Gasteiger partial charge >= 0.3 is 0 Å². The molecule has 0 aliphatic heterocycles. The van der Waals surface area contributed by atoms with Gasteiger partial charge in [-0.3, -0.25) is 30.0 Å². The van der Waals surface area contributed by atoms with Crippen LogP contribution in [-0.4, -0.2) is 74.2 Å². The van der Waals surface area contributed by atoms with E-state index in [1.165, 1.54) is 0 Å². The summed E-state index contributed by atoms with van der Waals surface area (Å²) in [6, 6.07) is -1.63. The van der Waals surface area contributed by atoms with Crippen LogP contribution in [0.5, 0.6) is 0 Å². The first-order valence-corrected chi connectivity index (χ1v) is 10.3. The lowest BCUT2D eigenvalue weighted by molar-refractivity contribution is -0.129. The van der Waals surface area contributed by atoms with Crippen LogP contribution in [-0.2, 0) is 19.2 Å². The van der Waals surface area contributed by atoms with E-state index in [1.54, 1.807) is 6.29 Å². The van der Waals surface area contributed by atoms with Gasteiger partial charge in [0.25, 0.3) is 0 Å². The van der Waals surface area contributed by atoms with E-state index >= 15 is 0 Å². The van der Waals surface area contributed by atoms with Crippen molar-refractivity contribution in [3.63, 3.8) is 0 Å². The summed E-state index contributed by atoms with van der Waals surface area (Å²) in [5.41, 5.74) is 15.7. The number of hydrogen-bond donors (Lipinski definition) is 10. The first-order valence-electron chi connectivity index (χ1n) is 10.3. The molecule has 32 heavy (non-hydrogen) atoms. The monoisotopic (exact) mass is 455 g/mol. The highest BCUT2D eigenvalue weighted by Crippen LogP contribution is 1.99. The van der Waals surface area contributed by atoms with Crippen LogP contribution >= 0.6 is 0 Å². The lowest BCUT2D eigenvalue weighted by Gasteiger charge is -2.19. The molecular formula is C18H35N10O4. The van der Waals surface area contributed by atoms with E-state index < -0.39 is 23.9 Å². The Balaban J connectivity index is 4.44. The van der Waals surface area contributed by atoms with Crippen molar-refractivity contribution in [2.45, 2.75) is 50.6 Å². The molecule has 0 aliphatic carbocycles. The van der Waals surface area contributed by atoms with E-state index in [2.05, 4.69) is 26.6 Å². The Hall–Kier alpha value is -3.42. The molecule has 0 fully saturated rings. The van der Waals surface area contributed by atoms with Gasteiger partial charge in [-0.2, -0.15) is 0 Å². The Morgan fingerprint density at radius 1 is 0.812 bits per heavy atom. The summed E-state index contributed by atoms with van der Waals surface area (Å²) in [5.74, 6) is -1.63. The Kier molecular flexibility index (Phi) is 15.4. The van der Waals surface area contributed by atoms with E-state index in [4.69, 9.17) is 28.0 Å². The second-order valence-electron chi connectivity index (χ2n) is 6.90. The van der Waals surface area contributed by atoms with Crippen molar-refractivity contribution in [3.05, 3.63) is 0 Å². The summed E-state index contributed by atoms with van der Waals surface area (Å²) in [6.07, 6.45) is 3.34. The van der Waals surface area contributed by atoms with Crippen LogP contribution in [0.2, 0.25) is 0 Å². The molecule has 2 atom stereocenters. The Morgan fingerprint density at radius 3 is 1.91 bits per heavy atom. The average Bonchev–Trinajstić information content (AvgIpc) is 2.72. The van der Waals surface area contributed by atoms with Crippen LogP contribution < -0.4 is 43.8 Å². The molecule has 14 nitrogen and oxygen atoms in total. The van der Waals surface area contributed by atoms with Crippen molar-refractivity contribution in [1.82, 2.24) is 26.6 Å². The average molecular weight is 456 g/mol. The number of hydrogen-bond acceptors (Lipinski definition) is 7. The van der Waals surface area contributed by atoms with E-state index in [-0.39, 0.29) is 43.8 Å². The van der Waals surface area contributed by atoms with Crippen LogP contribution in [0, 0.1) is 10.8 Å². The summed E-state index contributed by atoms with van der Waals surface area (Å²) in [5, 5.41) is 27.1. The number of nitrogens with one attached hydrogen (secondary N) is 7. The van der Waals surface area contributed by atoms with Gasteiger partial charge in [0, 0.05) is 39.0 Å². The third kappa shape index (κ3) is 15.4. The Bertz CT molecular complexity index is 643. The molecule has 0 saturated carbocycles. The first kappa shape index (κ1) is 28.6. The summed E-state index contributed by atoms with van der Waals surface area (Å²) in [7, 11) is 0. The Labute approximate surface area is 187 Å². The van der Waals surface area contributed by atoms with Gasteiger partial charge in [0.1, 0.15) is 6.04 Å². The second-order valence-corrected chi connectivity index (χ2v) is 6.90. The molecule has 0 aromatic heterocycles. The normalized spacial score (nSPS) is 12.0. The SMILES string of the molecule is N=C(N)NCCC[C@H]([C]=O)NC(=O)CCNC(=O)[C@@H](CCCNC(=N)N)NC(=O)CCN. The molecule has 0 bridgehead atoms. The third-order valence-electron chi connectivity index (χ3n) is 4.12. The highest BCUT2D eigenvalue weighted by Gasteiger charge is 2.20. The molecule has 0 rings (SSSR count). The van der Waals surface area contributed by atoms with Gasteiger partial charge in [0.05, 0.1) is 6.04 Å². The number of carbonyl (C=O) groups is 3. The van der Waals surface area contributed by atoms with Crippen LogP contribution in [0.3, 0.4) is 0 Å². The highest BCUT2D eigenvalue weighted by atomic mass is 16.2. The van der Waals surface area contributed by atoms with Gasteiger partial charge in [0.2, 0.25) is 24.0 Å². The number of rotatable bonds is 17. The standard InChI is InChI=1S/C18H35N10O4/c19-7-5-14(30)28-13(4-2-9-26-18(22)23)16(32)24-10-6-15(31)27-12(11-29)3-1-8-25-17(20)21/h12-13H,1-10,19H2,(H,24,32)(H,27,31)(H,28,30)(H4,20,21,25)(H4,22,23,26)/t12-,13-/m1/s1. The molecule has 14 heteroatoms. The fourth-order valence-corrected chi connectivity index (χ4v) is 2.57. The summed E-state index contributed by atoms with van der Waals surface area (Å²) < 4.78 is 0. The Morgan fingerprint density at radius 2 is 1.38 bits per heavy atom. The maximum Gasteiger partial charge on any atom is 0.242 e. The van der Waals surface area contributed by atoms with Gasteiger partial charge in [-0.25, -0.2) is 0 Å². The van der Waals surface area contributed by atoms with E-state index in [0.29, 0.717) is 38.8 Å². The van der Waals surface area contributed by atoms with Crippen molar-refractivity contribution < 1.29 is 19.2 Å². The molecule has 0 aromatic rings. The zero-order chi connectivity index (χ0) is 24.4. The smallest absolute Gasteiger partial charge is 0.242 e. The van der Waals surface area contributed by atoms with Crippen LogP contribution in [0.1, 0.15) is 38.5 Å². The molecule has 0 aromatic carbocycles. The predicted octanol–water partition coefficient (Wildman–Crippen LogP) is -3.55. The number of guanidine groups is 2. The van der Waals surface area contributed by atoms with Crippen molar-refractivity contribution in [2.24, 2.45) is 17.2 Å². The topological polar surface area (TPSA) is 254 Å². The fourth-order valence-electron chi connectivity index (χ4n) is 2.57. The zero-order valence-corrected chi connectivity index (χ0v) is 18.1. The molecule has 0 saturated heterocycles. The predicted molar refractivity (Wildman–Crippen MR) is 119 cm³/mol. The fraction of sp³-hybridized carbons (Fsp3) is 0.667. The quantitative estimate of drug-likeness (QED) is 0.0590. The molecule has 0 unspecified atom stereocenters. The van der Waals surface area contributed by atoms with Crippen molar-refractivity contribution in [2.75, 3.05) is 26.2 Å². The van der Waals surface area contributed by atoms with E-state index in [9.17, 15) is 19.2 Å². The number of nitrogens with two attached hydrogens (primary N) is 3. The summed E-state index contributed by atoms with van der Waals surface area (Å²) in [6.45, 7) is 0.904. The lowest BCUT2D eigenvalue weighted by atomic mass is 10.1. The van der Waals surface area contributed by atoms with Gasteiger partial charge in [0.15, 0.2) is 11.9 Å². The molecule has 0 heterocycles. The maximum atomic E-state index is 12.4. The lowest BCUT2D eigenvalue weighted by Crippen LogP contribution is -2.48. The number of carbonyl (C=O) groups excluding carboxylic acids is 4. The van der Waals surface area contributed by atoms with Gasteiger partial charge < -0.3 is 43.8 Å². The van der Waals surface area contributed by atoms with Crippen LogP contribution in [0.15, 0.2) is 0 Å². The zero-order valence-electron chi connectivity index (χ0n) is 18.1. The van der Waals surface area contributed by atoms with Gasteiger partial charge in [-0.15, -0.1) is 0 Å². The second kappa shape index (κ2) is 17.3. The molecule has 1 radical (unpaired) electrons. The largest absolute Gasteiger partial charge is 0.370 e. The first-order chi connectivity index (χ1) is 15.2. The summed E-state index contributed by atoms with van der Waals surface area (Å²) in [4.78, 5) is 47.2. The summed E-state index contributed by atoms with van der Waals surface area (Å²) >= 11 is 0. The van der Waals surface area contributed by atoms with Gasteiger partial charge in [-0.1, -0.05) is 0 Å². The number of amides is 3. The van der Waals surface area contributed by atoms with E-state index in [1.807, 2.05) is 0 Å². The maximum absolute atomic E-state index is 12.4. The van der Waals surface area contributed by atoms with Crippen LogP contribution in [0.25, 0.3) is 0 Å². The molecule has 0 spiro atoms. The minimum Gasteiger partial charge on any atom is -0.370 e. The molecule has 0 aliphatic rings. The molecular weight excluding hydrogens is 420 g/mol. The molecule has 181 valence electrons. The van der Waals surface area contributed by atoms with Crippen molar-refractivity contribution >= 4 is 35.9 Å². The third-order valence-corrected chi connectivity index (χ3v) is 4.12. The van der Waals surface area contributed by atoms with Gasteiger partial charge in [-0.05, 0) is 25.7 Å².